The monoisotopic (exact) mass is 371 g/mol. The lowest BCUT2D eigenvalue weighted by Gasteiger charge is -2.18. The highest BCUT2D eigenvalue weighted by Crippen LogP contribution is 2.27. The molecule has 0 saturated carbocycles. The maximum absolute atomic E-state index is 12.6. The van der Waals surface area contributed by atoms with Gasteiger partial charge in [-0.15, -0.1) is 0 Å². The van der Waals surface area contributed by atoms with Gasteiger partial charge < -0.3 is 15.5 Å². The van der Waals surface area contributed by atoms with E-state index >= 15 is 0 Å². The Morgan fingerprint density at radius 2 is 1.61 bits per heavy atom. The van der Waals surface area contributed by atoms with Gasteiger partial charge in [0.2, 0.25) is 5.91 Å². The number of rotatable bonds is 5. The van der Waals surface area contributed by atoms with Crippen molar-refractivity contribution in [3.63, 3.8) is 0 Å². The summed E-state index contributed by atoms with van der Waals surface area (Å²) in [5.41, 5.74) is 4.27. The Morgan fingerprint density at radius 1 is 0.857 bits per heavy atom. The molecule has 28 heavy (non-hydrogen) atoms. The summed E-state index contributed by atoms with van der Waals surface area (Å²) in [7, 11) is 0. The Hall–Kier alpha value is -3.60. The lowest BCUT2D eigenvalue weighted by molar-refractivity contribution is -0.116. The van der Waals surface area contributed by atoms with Crippen LogP contribution < -0.4 is 15.5 Å². The summed E-state index contributed by atoms with van der Waals surface area (Å²) in [6.07, 6.45) is 0.892. The van der Waals surface area contributed by atoms with E-state index in [9.17, 15) is 9.59 Å². The van der Waals surface area contributed by atoms with Gasteiger partial charge in [0.15, 0.2) is 0 Å². The third kappa shape index (κ3) is 3.88. The molecule has 1 aliphatic heterocycles. The van der Waals surface area contributed by atoms with Crippen LogP contribution in [0.3, 0.4) is 0 Å². The molecule has 5 nitrogen and oxygen atoms in total. The number of hydrogen-bond acceptors (Lipinski definition) is 3. The molecule has 4 rings (SSSR count). The summed E-state index contributed by atoms with van der Waals surface area (Å²) in [5.74, 6) is -0.133. The van der Waals surface area contributed by atoms with E-state index < -0.39 is 0 Å². The van der Waals surface area contributed by atoms with E-state index in [0.29, 0.717) is 17.8 Å². The SMILES string of the molecule is O=C(Nc1cccc(NCC(=O)N2CCc3ccccc32)c1)c1ccccc1. The van der Waals surface area contributed by atoms with Crippen molar-refractivity contribution in [2.75, 3.05) is 28.6 Å². The van der Waals surface area contributed by atoms with Crippen LogP contribution in [0.15, 0.2) is 78.9 Å². The summed E-state index contributed by atoms with van der Waals surface area (Å²) in [4.78, 5) is 26.7. The van der Waals surface area contributed by atoms with Gasteiger partial charge in [-0.25, -0.2) is 0 Å². The van der Waals surface area contributed by atoms with Crippen LogP contribution in [0.25, 0.3) is 0 Å². The van der Waals surface area contributed by atoms with Crippen LogP contribution in [0.2, 0.25) is 0 Å². The molecule has 0 spiro atoms. The third-order valence-corrected chi connectivity index (χ3v) is 4.79. The van der Waals surface area contributed by atoms with Gasteiger partial charge in [0.1, 0.15) is 0 Å². The predicted octanol–water partition coefficient (Wildman–Crippen LogP) is 3.94. The average molecular weight is 371 g/mol. The first-order chi connectivity index (χ1) is 13.7. The van der Waals surface area contributed by atoms with Crippen LogP contribution in [-0.4, -0.2) is 24.9 Å². The predicted molar refractivity (Wildman–Crippen MR) is 112 cm³/mol. The quantitative estimate of drug-likeness (QED) is 0.714. The topological polar surface area (TPSA) is 61.4 Å². The lowest BCUT2D eigenvalue weighted by atomic mass is 10.2. The van der Waals surface area contributed by atoms with Crippen LogP contribution in [0.5, 0.6) is 0 Å². The summed E-state index contributed by atoms with van der Waals surface area (Å²) in [5, 5.41) is 6.04. The number of benzene rings is 3. The number of fused-ring (bicyclic) bond motifs is 1. The van der Waals surface area contributed by atoms with Crippen LogP contribution in [0.1, 0.15) is 15.9 Å². The van der Waals surface area contributed by atoms with Crippen molar-refractivity contribution in [2.24, 2.45) is 0 Å². The molecule has 0 aliphatic carbocycles. The molecular weight excluding hydrogens is 350 g/mol. The van der Waals surface area contributed by atoms with E-state index in [1.54, 1.807) is 12.1 Å². The van der Waals surface area contributed by atoms with Gasteiger partial charge in [-0.1, -0.05) is 42.5 Å². The smallest absolute Gasteiger partial charge is 0.255 e. The second-order valence-corrected chi connectivity index (χ2v) is 6.68. The minimum Gasteiger partial charge on any atom is -0.376 e. The van der Waals surface area contributed by atoms with Crippen LogP contribution >= 0.6 is 0 Å². The van der Waals surface area contributed by atoms with Crippen LogP contribution in [-0.2, 0) is 11.2 Å². The molecular formula is C23H21N3O2. The zero-order valence-corrected chi connectivity index (χ0v) is 15.4. The van der Waals surface area contributed by atoms with Crippen LogP contribution in [0.4, 0.5) is 17.1 Å². The van der Waals surface area contributed by atoms with Gasteiger partial charge in [-0.2, -0.15) is 0 Å². The first kappa shape index (κ1) is 17.8. The second kappa shape index (κ2) is 7.96. The van der Waals surface area contributed by atoms with Gasteiger partial charge in [-0.05, 0) is 48.4 Å². The highest BCUT2D eigenvalue weighted by molar-refractivity contribution is 6.04. The van der Waals surface area contributed by atoms with E-state index in [2.05, 4.69) is 16.7 Å². The summed E-state index contributed by atoms with van der Waals surface area (Å²) in [6.45, 7) is 0.914. The third-order valence-electron chi connectivity index (χ3n) is 4.79. The highest BCUT2D eigenvalue weighted by atomic mass is 16.2. The highest BCUT2D eigenvalue weighted by Gasteiger charge is 2.23. The van der Waals surface area contributed by atoms with E-state index in [0.717, 1.165) is 17.8 Å². The molecule has 1 aliphatic rings. The molecule has 0 fully saturated rings. The van der Waals surface area contributed by atoms with Crippen molar-refractivity contribution < 1.29 is 9.59 Å². The van der Waals surface area contributed by atoms with Crippen molar-refractivity contribution >= 4 is 28.9 Å². The number of nitrogens with zero attached hydrogens (tertiary/aromatic N) is 1. The Labute approximate surface area is 164 Å². The van der Waals surface area contributed by atoms with E-state index in [4.69, 9.17) is 0 Å². The average Bonchev–Trinajstić information content (AvgIpc) is 3.17. The van der Waals surface area contributed by atoms with Crippen molar-refractivity contribution in [1.82, 2.24) is 0 Å². The molecule has 0 unspecified atom stereocenters. The number of nitrogens with one attached hydrogen (secondary N) is 2. The molecule has 1 heterocycles. The zero-order valence-electron chi connectivity index (χ0n) is 15.4. The maximum Gasteiger partial charge on any atom is 0.255 e. The van der Waals surface area contributed by atoms with E-state index in [-0.39, 0.29) is 18.4 Å². The van der Waals surface area contributed by atoms with Crippen molar-refractivity contribution in [3.05, 3.63) is 90.0 Å². The van der Waals surface area contributed by atoms with E-state index in [1.165, 1.54) is 5.56 Å². The second-order valence-electron chi connectivity index (χ2n) is 6.68. The Morgan fingerprint density at radius 3 is 2.46 bits per heavy atom. The first-order valence-electron chi connectivity index (χ1n) is 9.29. The molecule has 0 bridgehead atoms. The summed E-state index contributed by atoms with van der Waals surface area (Å²) >= 11 is 0. The number of carbonyl (C=O) groups is 2. The standard InChI is InChI=1S/C23H21N3O2/c27-22(26-14-13-17-7-4-5-12-21(17)26)16-24-19-10-6-11-20(15-19)25-23(28)18-8-2-1-3-9-18/h1-12,15,24H,13-14,16H2,(H,25,28). The lowest BCUT2D eigenvalue weighted by Crippen LogP contribution is -2.34. The van der Waals surface area contributed by atoms with Gasteiger partial charge in [-0.3, -0.25) is 9.59 Å². The molecule has 2 amide bonds. The van der Waals surface area contributed by atoms with Crippen molar-refractivity contribution in [3.8, 4) is 0 Å². The first-order valence-corrected chi connectivity index (χ1v) is 9.29. The fourth-order valence-electron chi connectivity index (χ4n) is 3.37. The molecule has 2 N–H and O–H groups in total. The Kier molecular flexibility index (Phi) is 5.06. The molecule has 3 aromatic rings. The molecule has 0 aromatic heterocycles. The number of para-hydroxylation sites is 1. The largest absolute Gasteiger partial charge is 0.376 e. The number of hydrogen-bond donors (Lipinski definition) is 2. The fraction of sp³-hybridized carbons (Fsp3) is 0.130. The minimum absolute atomic E-state index is 0.0312. The van der Waals surface area contributed by atoms with Gasteiger partial charge >= 0.3 is 0 Å². The Balaban J connectivity index is 1.38. The number of carbonyl (C=O) groups excluding carboxylic acids is 2. The number of amides is 2. The molecule has 0 saturated heterocycles. The van der Waals surface area contributed by atoms with Crippen molar-refractivity contribution in [1.29, 1.82) is 0 Å². The van der Waals surface area contributed by atoms with Gasteiger partial charge in [0, 0.05) is 29.2 Å². The normalized spacial score (nSPS) is 12.4. The van der Waals surface area contributed by atoms with Gasteiger partial charge in [0.05, 0.1) is 6.54 Å². The summed E-state index contributed by atoms with van der Waals surface area (Å²) in [6, 6.07) is 24.4. The molecule has 3 aromatic carbocycles. The summed E-state index contributed by atoms with van der Waals surface area (Å²) < 4.78 is 0. The molecule has 140 valence electrons. The molecule has 0 atom stereocenters. The number of anilines is 3. The van der Waals surface area contributed by atoms with Crippen LogP contribution in [0, 0.1) is 0 Å². The minimum atomic E-state index is -0.164. The van der Waals surface area contributed by atoms with E-state index in [1.807, 2.05) is 65.6 Å². The molecule has 5 heteroatoms. The van der Waals surface area contributed by atoms with Gasteiger partial charge in [0.25, 0.3) is 5.91 Å². The fourth-order valence-corrected chi connectivity index (χ4v) is 3.37. The molecule has 0 radical (unpaired) electrons. The maximum atomic E-state index is 12.6. The zero-order chi connectivity index (χ0) is 19.3. The van der Waals surface area contributed by atoms with Crippen molar-refractivity contribution in [2.45, 2.75) is 6.42 Å². The Bertz CT molecular complexity index is 1000.